The van der Waals surface area contributed by atoms with E-state index in [1.165, 1.54) is 11.1 Å². The van der Waals surface area contributed by atoms with E-state index >= 15 is 0 Å². The lowest BCUT2D eigenvalue weighted by atomic mass is 10.00. The molecule has 0 bridgehead atoms. The number of benzene rings is 1. The number of allylic oxidation sites excluding steroid dienone is 1. The molecule has 0 aromatic heterocycles. The molecule has 0 aliphatic rings. The highest BCUT2D eigenvalue weighted by molar-refractivity contribution is 5.61. The summed E-state index contributed by atoms with van der Waals surface area (Å²) in [6.07, 6.45) is 0. The van der Waals surface area contributed by atoms with Gasteiger partial charge in [-0.1, -0.05) is 50.3 Å². The van der Waals surface area contributed by atoms with Gasteiger partial charge in [0.15, 0.2) is 0 Å². The zero-order valence-electron chi connectivity index (χ0n) is 8.09. The Labute approximate surface area is 74.9 Å². The summed E-state index contributed by atoms with van der Waals surface area (Å²) in [6, 6.07) is 8.62. The van der Waals surface area contributed by atoms with E-state index < -0.39 is 0 Å². The molecule has 0 fully saturated rings. The van der Waals surface area contributed by atoms with Gasteiger partial charge in [-0.15, -0.1) is 0 Å². The molecule has 0 unspecified atom stereocenters. The lowest BCUT2D eigenvalue weighted by Crippen LogP contribution is -1.86. The maximum Gasteiger partial charge on any atom is -0.0219 e. The Bertz CT molecular complexity index is 265. The summed E-state index contributed by atoms with van der Waals surface area (Å²) >= 11 is 0. The second kappa shape index (κ2) is 3.57. The van der Waals surface area contributed by atoms with Crippen LogP contribution in [0.3, 0.4) is 0 Å². The van der Waals surface area contributed by atoms with Crippen molar-refractivity contribution in [3.05, 3.63) is 42.0 Å². The Balaban J connectivity index is 2.93. The minimum absolute atomic E-state index is 0.615. The monoisotopic (exact) mass is 160 g/mol. The van der Waals surface area contributed by atoms with Crippen LogP contribution in [0.15, 0.2) is 30.8 Å². The van der Waals surface area contributed by atoms with Gasteiger partial charge in [0.2, 0.25) is 0 Å². The molecule has 64 valence electrons. The molecule has 0 heteroatoms. The third kappa shape index (κ3) is 1.97. The fourth-order valence-corrected chi connectivity index (χ4v) is 1.15. The molecular weight excluding hydrogens is 144 g/mol. The summed E-state index contributed by atoms with van der Waals surface area (Å²) in [5, 5.41) is 0. The smallest absolute Gasteiger partial charge is 0.0219 e. The van der Waals surface area contributed by atoms with Crippen molar-refractivity contribution in [2.45, 2.75) is 26.7 Å². The molecular formula is C12H16. The molecule has 1 aromatic rings. The van der Waals surface area contributed by atoms with Gasteiger partial charge in [0.05, 0.1) is 0 Å². The Morgan fingerprint density at radius 1 is 1.17 bits per heavy atom. The van der Waals surface area contributed by atoms with Crippen molar-refractivity contribution >= 4 is 5.57 Å². The Morgan fingerprint density at radius 3 is 2.00 bits per heavy atom. The van der Waals surface area contributed by atoms with E-state index in [-0.39, 0.29) is 0 Å². The zero-order valence-corrected chi connectivity index (χ0v) is 8.09. The Hall–Kier alpha value is -1.04. The molecule has 1 aromatic carbocycles. The maximum atomic E-state index is 3.90. The van der Waals surface area contributed by atoms with Gasteiger partial charge in [0.25, 0.3) is 0 Å². The normalized spacial score (nSPS) is 10.3. The predicted molar refractivity (Wildman–Crippen MR) is 55.2 cm³/mol. The summed E-state index contributed by atoms with van der Waals surface area (Å²) in [7, 11) is 0. The van der Waals surface area contributed by atoms with Crippen LogP contribution in [-0.2, 0) is 0 Å². The standard InChI is InChI=1S/C12H16/c1-9(2)11-5-7-12(8-6-11)10(3)4/h5-8,10H,1H2,2-4H3. The maximum absolute atomic E-state index is 3.90. The predicted octanol–water partition coefficient (Wildman–Crippen LogP) is 3.84. The highest BCUT2D eigenvalue weighted by Crippen LogP contribution is 2.17. The van der Waals surface area contributed by atoms with E-state index in [9.17, 15) is 0 Å². The first-order valence-electron chi connectivity index (χ1n) is 4.37. The molecule has 0 saturated heterocycles. The summed E-state index contributed by atoms with van der Waals surface area (Å²) < 4.78 is 0. The van der Waals surface area contributed by atoms with Gasteiger partial charge in [-0.2, -0.15) is 0 Å². The van der Waals surface area contributed by atoms with Gasteiger partial charge in [-0.05, 0) is 24.0 Å². The van der Waals surface area contributed by atoms with Crippen LogP contribution in [0, 0.1) is 0 Å². The first-order valence-corrected chi connectivity index (χ1v) is 4.37. The summed E-state index contributed by atoms with van der Waals surface area (Å²) in [5.74, 6) is 0.615. The van der Waals surface area contributed by atoms with Crippen molar-refractivity contribution in [1.82, 2.24) is 0 Å². The zero-order chi connectivity index (χ0) is 9.14. The van der Waals surface area contributed by atoms with Crippen LogP contribution in [0.1, 0.15) is 37.8 Å². The van der Waals surface area contributed by atoms with Gasteiger partial charge in [0.1, 0.15) is 0 Å². The molecule has 0 radical (unpaired) electrons. The van der Waals surface area contributed by atoms with Crippen molar-refractivity contribution in [1.29, 1.82) is 0 Å². The number of hydrogen-bond donors (Lipinski definition) is 0. The highest BCUT2D eigenvalue weighted by atomic mass is 14.0. The van der Waals surface area contributed by atoms with Crippen molar-refractivity contribution in [3.63, 3.8) is 0 Å². The molecule has 0 amide bonds. The van der Waals surface area contributed by atoms with Crippen LogP contribution in [0.4, 0.5) is 0 Å². The van der Waals surface area contributed by atoms with Crippen molar-refractivity contribution < 1.29 is 0 Å². The van der Waals surface area contributed by atoms with Gasteiger partial charge >= 0.3 is 0 Å². The summed E-state index contributed by atoms with van der Waals surface area (Å²) in [5.41, 5.74) is 3.75. The molecule has 1 rings (SSSR count). The summed E-state index contributed by atoms with van der Waals surface area (Å²) in [4.78, 5) is 0. The fourth-order valence-electron chi connectivity index (χ4n) is 1.15. The molecule has 0 spiro atoms. The van der Waals surface area contributed by atoms with E-state index in [0.29, 0.717) is 5.92 Å². The van der Waals surface area contributed by atoms with Crippen LogP contribution in [-0.4, -0.2) is 0 Å². The van der Waals surface area contributed by atoms with E-state index in [4.69, 9.17) is 0 Å². The molecule has 0 nitrogen and oxygen atoms in total. The molecule has 0 aliphatic carbocycles. The van der Waals surface area contributed by atoms with Gasteiger partial charge in [-0.3, -0.25) is 0 Å². The van der Waals surface area contributed by atoms with Crippen LogP contribution in [0.5, 0.6) is 0 Å². The van der Waals surface area contributed by atoms with E-state index in [0.717, 1.165) is 5.57 Å². The van der Waals surface area contributed by atoms with Gasteiger partial charge in [-0.25, -0.2) is 0 Å². The molecule has 0 N–H and O–H groups in total. The molecule has 0 aliphatic heterocycles. The highest BCUT2D eigenvalue weighted by Gasteiger charge is 1.98. The van der Waals surface area contributed by atoms with E-state index in [2.05, 4.69) is 44.7 Å². The first-order chi connectivity index (χ1) is 5.61. The minimum atomic E-state index is 0.615. The second-order valence-corrected chi connectivity index (χ2v) is 3.56. The van der Waals surface area contributed by atoms with Gasteiger partial charge < -0.3 is 0 Å². The topological polar surface area (TPSA) is 0 Å². The molecule has 0 heterocycles. The average Bonchev–Trinajstić information content (AvgIpc) is 2.04. The van der Waals surface area contributed by atoms with Crippen molar-refractivity contribution in [3.8, 4) is 0 Å². The Kier molecular flexibility index (Phi) is 2.69. The van der Waals surface area contributed by atoms with Crippen molar-refractivity contribution in [2.24, 2.45) is 0 Å². The lowest BCUT2D eigenvalue weighted by Gasteiger charge is -2.06. The summed E-state index contributed by atoms with van der Waals surface area (Å²) in [6.45, 7) is 10.3. The van der Waals surface area contributed by atoms with Crippen LogP contribution in [0.25, 0.3) is 5.57 Å². The largest absolute Gasteiger partial charge is 0.0955 e. The van der Waals surface area contributed by atoms with Crippen LogP contribution < -0.4 is 0 Å². The molecule has 0 saturated carbocycles. The van der Waals surface area contributed by atoms with Crippen LogP contribution in [0.2, 0.25) is 0 Å². The lowest BCUT2D eigenvalue weighted by molar-refractivity contribution is 0.866. The fraction of sp³-hybridized carbons (Fsp3) is 0.333. The Morgan fingerprint density at radius 2 is 1.67 bits per heavy atom. The third-order valence-corrected chi connectivity index (χ3v) is 2.07. The van der Waals surface area contributed by atoms with E-state index in [1.54, 1.807) is 0 Å². The third-order valence-electron chi connectivity index (χ3n) is 2.07. The average molecular weight is 160 g/mol. The number of hydrogen-bond acceptors (Lipinski definition) is 0. The second-order valence-electron chi connectivity index (χ2n) is 3.56. The minimum Gasteiger partial charge on any atom is -0.0955 e. The van der Waals surface area contributed by atoms with Crippen molar-refractivity contribution in [2.75, 3.05) is 0 Å². The molecule has 12 heavy (non-hydrogen) atoms. The van der Waals surface area contributed by atoms with Gasteiger partial charge in [0, 0.05) is 0 Å². The molecule has 0 atom stereocenters. The van der Waals surface area contributed by atoms with Crippen LogP contribution >= 0.6 is 0 Å². The quantitative estimate of drug-likeness (QED) is 0.616. The van der Waals surface area contributed by atoms with E-state index in [1.807, 2.05) is 6.92 Å². The first kappa shape index (κ1) is 9.05. The number of rotatable bonds is 2. The SMILES string of the molecule is C=C(C)c1ccc(C(C)C)cc1.